The number of aromatic nitrogens is 2. The van der Waals surface area contributed by atoms with Crippen LogP contribution < -0.4 is 5.73 Å². The van der Waals surface area contributed by atoms with E-state index in [2.05, 4.69) is 24.0 Å². The Bertz CT molecular complexity index is 419. The normalized spacial score (nSPS) is 19.4. The summed E-state index contributed by atoms with van der Waals surface area (Å²) in [6, 6.07) is 2.03. The maximum Gasteiger partial charge on any atom is 0.274 e. The molecule has 0 bridgehead atoms. The zero-order valence-corrected chi connectivity index (χ0v) is 12.4. The lowest BCUT2D eigenvalue weighted by atomic mass is 10.0. The number of nitrogens with two attached hydrogens (primary N) is 1. The Kier molecular flexibility index (Phi) is 5.82. The topological polar surface area (TPSA) is 75.0 Å². The van der Waals surface area contributed by atoms with Crippen LogP contribution in [0.3, 0.4) is 0 Å². The lowest BCUT2D eigenvalue weighted by molar-refractivity contribution is 0.0617. The van der Waals surface area contributed by atoms with Crippen molar-refractivity contribution in [3.05, 3.63) is 17.5 Å². The van der Waals surface area contributed by atoms with E-state index < -0.39 is 0 Å². The van der Waals surface area contributed by atoms with Crippen molar-refractivity contribution >= 4 is 18.3 Å². The van der Waals surface area contributed by atoms with Crippen molar-refractivity contribution in [1.29, 1.82) is 0 Å². The third kappa shape index (κ3) is 3.48. The minimum absolute atomic E-state index is 0. The van der Waals surface area contributed by atoms with Gasteiger partial charge in [-0.2, -0.15) is 5.10 Å². The minimum atomic E-state index is 0. The summed E-state index contributed by atoms with van der Waals surface area (Å²) in [5.41, 5.74) is 7.25. The maximum absolute atomic E-state index is 12.4. The Morgan fingerprint density at radius 2 is 2.32 bits per heavy atom. The van der Waals surface area contributed by atoms with Gasteiger partial charge in [-0.05, 0) is 31.2 Å². The van der Waals surface area contributed by atoms with E-state index in [0.29, 0.717) is 18.2 Å². The van der Waals surface area contributed by atoms with Crippen LogP contribution in [0.4, 0.5) is 0 Å². The molecule has 0 aliphatic carbocycles. The Morgan fingerprint density at radius 3 is 2.89 bits per heavy atom. The van der Waals surface area contributed by atoms with Crippen LogP contribution >= 0.6 is 12.4 Å². The second-order valence-corrected chi connectivity index (χ2v) is 5.25. The zero-order chi connectivity index (χ0) is 13.1. The molecule has 5 nitrogen and oxygen atoms in total. The molecule has 1 aromatic heterocycles. The van der Waals surface area contributed by atoms with E-state index in [0.717, 1.165) is 31.5 Å². The van der Waals surface area contributed by atoms with Crippen LogP contribution in [0.5, 0.6) is 0 Å². The molecule has 1 aliphatic rings. The standard InChI is InChI=1S/C13H22N4O.ClH/c1-9(2)11-7-12(16-15-11)13(18)17-6-4-3-5-10(17)8-14;/h7,9-10H,3-6,8,14H2,1-2H3,(H,15,16);1H. The quantitative estimate of drug-likeness (QED) is 0.891. The van der Waals surface area contributed by atoms with E-state index in [9.17, 15) is 4.79 Å². The number of nitrogens with zero attached hydrogens (tertiary/aromatic N) is 2. The first-order valence-corrected chi connectivity index (χ1v) is 6.69. The predicted molar refractivity (Wildman–Crippen MR) is 77.7 cm³/mol. The van der Waals surface area contributed by atoms with Crippen LogP contribution in [-0.2, 0) is 0 Å². The highest BCUT2D eigenvalue weighted by Crippen LogP contribution is 2.19. The molecule has 2 heterocycles. The summed E-state index contributed by atoms with van der Waals surface area (Å²) in [5.74, 6) is 0.360. The summed E-state index contributed by atoms with van der Waals surface area (Å²) in [4.78, 5) is 14.3. The monoisotopic (exact) mass is 286 g/mol. The number of hydrogen-bond acceptors (Lipinski definition) is 3. The number of piperidine rings is 1. The average Bonchev–Trinajstić information content (AvgIpc) is 2.87. The van der Waals surface area contributed by atoms with Gasteiger partial charge in [0.1, 0.15) is 5.69 Å². The van der Waals surface area contributed by atoms with Crippen LogP contribution in [-0.4, -0.2) is 40.1 Å². The molecule has 1 aromatic rings. The highest BCUT2D eigenvalue weighted by molar-refractivity contribution is 5.92. The molecule has 19 heavy (non-hydrogen) atoms. The molecule has 3 N–H and O–H groups in total. The van der Waals surface area contributed by atoms with Gasteiger partial charge in [0.2, 0.25) is 0 Å². The molecule has 2 rings (SSSR count). The van der Waals surface area contributed by atoms with Gasteiger partial charge in [0, 0.05) is 24.8 Å². The molecule has 1 atom stereocenters. The number of carbonyl (C=O) groups is 1. The lowest BCUT2D eigenvalue weighted by Gasteiger charge is -2.34. The first-order valence-electron chi connectivity index (χ1n) is 6.69. The van der Waals surface area contributed by atoms with Gasteiger partial charge in [-0.25, -0.2) is 0 Å². The molecule has 0 aromatic carbocycles. The van der Waals surface area contributed by atoms with Crippen LogP contribution in [0.1, 0.15) is 55.2 Å². The molecule has 1 saturated heterocycles. The fourth-order valence-electron chi connectivity index (χ4n) is 2.40. The van der Waals surface area contributed by atoms with Gasteiger partial charge in [0.15, 0.2) is 0 Å². The molecular formula is C13H23ClN4O. The van der Waals surface area contributed by atoms with Crippen LogP contribution in [0.15, 0.2) is 6.07 Å². The van der Waals surface area contributed by atoms with Crippen molar-refractivity contribution in [3.8, 4) is 0 Å². The fraction of sp³-hybridized carbons (Fsp3) is 0.692. The summed E-state index contributed by atoms with van der Waals surface area (Å²) in [6.07, 6.45) is 3.22. The number of H-pyrrole nitrogens is 1. The Morgan fingerprint density at radius 1 is 1.58 bits per heavy atom. The van der Waals surface area contributed by atoms with Gasteiger partial charge < -0.3 is 10.6 Å². The number of amides is 1. The number of nitrogens with one attached hydrogen (secondary N) is 1. The van der Waals surface area contributed by atoms with Gasteiger partial charge in [-0.1, -0.05) is 13.8 Å². The van der Waals surface area contributed by atoms with Crippen molar-refractivity contribution in [2.45, 2.75) is 45.1 Å². The summed E-state index contributed by atoms with van der Waals surface area (Å²) in [7, 11) is 0. The number of carbonyl (C=O) groups excluding carboxylic acids is 1. The van der Waals surface area contributed by atoms with E-state index in [1.54, 1.807) is 0 Å². The highest BCUT2D eigenvalue weighted by Gasteiger charge is 2.27. The Labute approximate surface area is 120 Å². The van der Waals surface area contributed by atoms with Crippen LogP contribution in [0.2, 0.25) is 0 Å². The van der Waals surface area contributed by atoms with E-state index in [1.165, 1.54) is 0 Å². The lowest BCUT2D eigenvalue weighted by Crippen LogP contribution is -2.47. The van der Waals surface area contributed by atoms with Crippen molar-refractivity contribution in [2.75, 3.05) is 13.1 Å². The highest BCUT2D eigenvalue weighted by atomic mass is 35.5. The van der Waals surface area contributed by atoms with Crippen molar-refractivity contribution in [3.63, 3.8) is 0 Å². The van der Waals surface area contributed by atoms with Crippen LogP contribution in [0.25, 0.3) is 0 Å². The van der Waals surface area contributed by atoms with Crippen molar-refractivity contribution in [1.82, 2.24) is 15.1 Å². The molecule has 0 radical (unpaired) electrons. The Hall–Kier alpha value is -1.07. The molecular weight excluding hydrogens is 264 g/mol. The Balaban J connectivity index is 0.00000180. The first kappa shape index (κ1) is 16.0. The fourth-order valence-corrected chi connectivity index (χ4v) is 2.40. The number of aromatic amines is 1. The molecule has 1 aliphatic heterocycles. The van der Waals surface area contributed by atoms with E-state index in [4.69, 9.17) is 5.73 Å². The molecule has 6 heteroatoms. The van der Waals surface area contributed by atoms with E-state index in [-0.39, 0.29) is 24.4 Å². The molecule has 0 spiro atoms. The third-order valence-corrected chi connectivity index (χ3v) is 3.60. The third-order valence-electron chi connectivity index (χ3n) is 3.60. The minimum Gasteiger partial charge on any atom is -0.333 e. The molecule has 108 valence electrons. The van der Waals surface area contributed by atoms with E-state index in [1.807, 2.05) is 11.0 Å². The predicted octanol–water partition coefficient (Wildman–Crippen LogP) is 1.91. The van der Waals surface area contributed by atoms with Crippen molar-refractivity contribution in [2.24, 2.45) is 5.73 Å². The second kappa shape index (κ2) is 6.91. The van der Waals surface area contributed by atoms with Crippen LogP contribution in [0, 0.1) is 0 Å². The average molecular weight is 287 g/mol. The molecule has 1 amide bonds. The number of rotatable bonds is 3. The largest absolute Gasteiger partial charge is 0.333 e. The van der Waals surface area contributed by atoms with Gasteiger partial charge in [0.05, 0.1) is 0 Å². The molecule has 0 saturated carbocycles. The zero-order valence-electron chi connectivity index (χ0n) is 11.6. The van der Waals surface area contributed by atoms with Gasteiger partial charge in [-0.3, -0.25) is 9.89 Å². The van der Waals surface area contributed by atoms with Crippen molar-refractivity contribution < 1.29 is 4.79 Å². The maximum atomic E-state index is 12.4. The summed E-state index contributed by atoms with van der Waals surface area (Å²) in [6.45, 7) is 5.48. The number of halogens is 1. The molecule has 1 unspecified atom stereocenters. The molecule has 1 fully saturated rings. The number of hydrogen-bond donors (Lipinski definition) is 2. The SMILES string of the molecule is CC(C)c1cc(C(=O)N2CCCCC2CN)n[nH]1.Cl. The summed E-state index contributed by atoms with van der Waals surface area (Å²) >= 11 is 0. The van der Waals surface area contributed by atoms with Gasteiger partial charge in [-0.15, -0.1) is 12.4 Å². The van der Waals surface area contributed by atoms with Gasteiger partial charge in [0.25, 0.3) is 5.91 Å². The number of likely N-dealkylation sites (tertiary alicyclic amines) is 1. The summed E-state index contributed by atoms with van der Waals surface area (Å²) < 4.78 is 0. The van der Waals surface area contributed by atoms with Gasteiger partial charge >= 0.3 is 0 Å². The summed E-state index contributed by atoms with van der Waals surface area (Å²) in [5, 5.41) is 7.05. The smallest absolute Gasteiger partial charge is 0.274 e. The first-order chi connectivity index (χ1) is 8.63. The second-order valence-electron chi connectivity index (χ2n) is 5.25. The van der Waals surface area contributed by atoms with E-state index >= 15 is 0 Å².